The highest BCUT2D eigenvalue weighted by molar-refractivity contribution is 6.61. The smallest absolute Gasteiger partial charge is 0.356 e. The van der Waals surface area contributed by atoms with E-state index >= 15 is 0 Å². The second kappa shape index (κ2) is 10.5. The zero-order valence-electron chi connectivity index (χ0n) is 18.8. The topological polar surface area (TPSA) is 105 Å². The predicted octanol–water partition coefficient (Wildman–Crippen LogP) is 4.66. The van der Waals surface area contributed by atoms with E-state index in [1.54, 1.807) is 36.4 Å². The van der Waals surface area contributed by atoms with Gasteiger partial charge < -0.3 is 8.85 Å². The summed E-state index contributed by atoms with van der Waals surface area (Å²) < 4.78 is 12.4. The first-order chi connectivity index (χ1) is 15.7. The third-order valence-corrected chi connectivity index (χ3v) is 7.13. The molecule has 33 heavy (non-hydrogen) atoms. The molecule has 172 valence electrons. The van der Waals surface area contributed by atoms with E-state index in [9.17, 15) is 20.2 Å². The Bertz CT molecular complexity index is 1080. The highest BCUT2D eigenvalue weighted by Gasteiger charge is 2.28. The first kappa shape index (κ1) is 24.2. The molecule has 9 heteroatoms. The van der Waals surface area contributed by atoms with Crippen LogP contribution in [0.5, 0.6) is 0 Å². The van der Waals surface area contributed by atoms with Crippen molar-refractivity contribution in [3.63, 3.8) is 0 Å². The minimum absolute atomic E-state index is 0.00338. The number of rotatable bonds is 9. The number of hydrogen-bond acceptors (Lipinski definition) is 6. The van der Waals surface area contributed by atoms with E-state index in [2.05, 4.69) is 20.8 Å². The van der Waals surface area contributed by atoms with Gasteiger partial charge in [-0.05, 0) is 28.3 Å². The second-order valence-electron chi connectivity index (χ2n) is 8.56. The summed E-state index contributed by atoms with van der Waals surface area (Å²) in [6, 6.07) is 20.6. The Morgan fingerprint density at radius 1 is 0.727 bits per heavy atom. The molecule has 0 fully saturated rings. The van der Waals surface area contributed by atoms with Gasteiger partial charge in [0.2, 0.25) is 0 Å². The van der Waals surface area contributed by atoms with E-state index < -0.39 is 19.1 Å². The number of benzene rings is 3. The van der Waals surface area contributed by atoms with Gasteiger partial charge in [0.1, 0.15) is 0 Å². The average molecular weight is 467 g/mol. The van der Waals surface area contributed by atoms with E-state index in [0.717, 1.165) is 10.8 Å². The van der Waals surface area contributed by atoms with Crippen LogP contribution in [-0.2, 0) is 27.5 Å². The van der Waals surface area contributed by atoms with Crippen LogP contribution in [0, 0.1) is 20.2 Å². The van der Waals surface area contributed by atoms with Crippen LogP contribution in [0.3, 0.4) is 0 Å². The number of nitro groups is 2. The molecule has 3 aromatic rings. The molecule has 0 radical (unpaired) electrons. The van der Waals surface area contributed by atoms with Crippen molar-refractivity contribution >= 4 is 25.8 Å². The van der Waals surface area contributed by atoms with Crippen molar-refractivity contribution in [2.75, 3.05) is 0 Å². The fourth-order valence-electron chi connectivity index (χ4n) is 3.57. The molecule has 3 aromatic carbocycles. The molecular weight excluding hydrogens is 440 g/mol. The van der Waals surface area contributed by atoms with Crippen molar-refractivity contribution < 1.29 is 18.7 Å². The maximum atomic E-state index is 11.4. The summed E-state index contributed by atoms with van der Waals surface area (Å²) in [5, 5.41) is 23.7. The quantitative estimate of drug-likeness (QED) is 0.258. The van der Waals surface area contributed by atoms with E-state index in [-0.39, 0.29) is 30.0 Å². The van der Waals surface area contributed by atoms with Gasteiger partial charge in [0.15, 0.2) is 0 Å². The number of hydrogen-bond donors (Lipinski definition) is 0. The van der Waals surface area contributed by atoms with Crippen molar-refractivity contribution in [2.45, 2.75) is 39.4 Å². The van der Waals surface area contributed by atoms with Gasteiger partial charge in [-0.3, -0.25) is 20.2 Å². The molecule has 0 saturated heterocycles. The second-order valence-corrected chi connectivity index (χ2v) is 10.5. The number of para-hydroxylation sites is 2. The van der Waals surface area contributed by atoms with Crippen LogP contribution in [0.2, 0.25) is 0 Å². The van der Waals surface area contributed by atoms with Crippen LogP contribution >= 0.6 is 0 Å². The average Bonchev–Trinajstić information content (AvgIpc) is 2.79. The molecule has 0 aliphatic heterocycles. The molecule has 0 bridgehead atoms. The van der Waals surface area contributed by atoms with Crippen molar-refractivity contribution in [1.82, 2.24) is 0 Å². The Kier molecular flexibility index (Phi) is 7.70. The van der Waals surface area contributed by atoms with Crippen LogP contribution in [0.4, 0.5) is 11.4 Å². The minimum Gasteiger partial charge on any atom is -0.388 e. The molecule has 0 aromatic heterocycles. The summed E-state index contributed by atoms with van der Waals surface area (Å²) in [5.74, 6) is 0. The molecule has 0 aliphatic carbocycles. The fraction of sp³-hybridized carbons (Fsp3) is 0.250. The Morgan fingerprint density at radius 2 is 1.15 bits per heavy atom. The molecule has 0 N–H and O–H groups in total. The third kappa shape index (κ3) is 6.10. The van der Waals surface area contributed by atoms with Gasteiger partial charge in [0, 0.05) is 12.1 Å². The lowest BCUT2D eigenvalue weighted by atomic mass is 9.87. The van der Waals surface area contributed by atoms with Crippen molar-refractivity contribution in [2.24, 2.45) is 0 Å². The summed E-state index contributed by atoms with van der Waals surface area (Å²) in [4.78, 5) is 21.9. The van der Waals surface area contributed by atoms with Gasteiger partial charge in [0.25, 0.3) is 11.4 Å². The van der Waals surface area contributed by atoms with Gasteiger partial charge in [-0.25, -0.2) is 0 Å². The van der Waals surface area contributed by atoms with E-state index in [1.165, 1.54) is 12.1 Å². The van der Waals surface area contributed by atoms with Crippen molar-refractivity contribution in [1.29, 1.82) is 0 Å². The molecule has 0 atom stereocenters. The van der Waals surface area contributed by atoms with E-state index in [1.807, 2.05) is 24.3 Å². The molecule has 3 rings (SSSR count). The highest BCUT2D eigenvalue weighted by atomic mass is 28.3. The third-order valence-electron chi connectivity index (χ3n) is 5.18. The minimum atomic E-state index is -2.62. The van der Waals surface area contributed by atoms with Crippen LogP contribution in [-0.4, -0.2) is 19.1 Å². The normalized spacial score (nSPS) is 11.5. The molecule has 0 amide bonds. The molecular formula is C24H26N2O6Si. The Balaban J connectivity index is 1.93. The summed E-state index contributed by atoms with van der Waals surface area (Å²) >= 11 is 0. The summed E-state index contributed by atoms with van der Waals surface area (Å²) in [6.07, 6.45) is 0. The van der Waals surface area contributed by atoms with Gasteiger partial charge in [-0.2, -0.15) is 0 Å². The van der Waals surface area contributed by atoms with Gasteiger partial charge in [-0.1, -0.05) is 69.3 Å². The zero-order valence-corrected chi connectivity index (χ0v) is 19.9. The summed E-state index contributed by atoms with van der Waals surface area (Å²) in [6.45, 7) is 6.26. The molecule has 0 aliphatic rings. The van der Waals surface area contributed by atoms with Gasteiger partial charge >= 0.3 is 9.28 Å². The Morgan fingerprint density at radius 3 is 1.61 bits per heavy atom. The lowest BCUT2D eigenvalue weighted by Gasteiger charge is -2.26. The predicted molar refractivity (Wildman–Crippen MR) is 128 cm³/mol. The first-order valence-electron chi connectivity index (χ1n) is 10.5. The van der Waals surface area contributed by atoms with Gasteiger partial charge in [0.05, 0.1) is 34.2 Å². The number of nitro benzene ring substituents is 2. The first-order valence-corrected chi connectivity index (χ1v) is 12.0. The van der Waals surface area contributed by atoms with Gasteiger partial charge in [-0.15, -0.1) is 0 Å². The molecule has 0 heterocycles. The Labute approximate surface area is 193 Å². The van der Waals surface area contributed by atoms with Crippen LogP contribution in [0.25, 0.3) is 0 Å². The molecule has 0 spiro atoms. The maximum Gasteiger partial charge on any atom is 0.356 e. The SMILES string of the molecule is CC(C)(C)c1ccccc1[SiH](OCc1ccccc1[N+](=O)[O-])OCc1ccccc1[N+](=O)[O-]. The number of nitrogens with zero attached hydrogens (tertiary/aromatic N) is 2. The molecule has 0 unspecified atom stereocenters. The molecule has 0 saturated carbocycles. The van der Waals surface area contributed by atoms with E-state index in [0.29, 0.717) is 11.1 Å². The monoisotopic (exact) mass is 466 g/mol. The van der Waals surface area contributed by atoms with Crippen molar-refractivity contribution in [3.8, 4) is 0 Å². The summed E-state index contributed by atoms with van der Waals surface area (Å²) in [7, 11) is -2.62. The summed E-state index contributed by atoms with van der Waals surface area (Å²) in [5.41, 5.74) is 1.71. The van der Waals surface area contributed by atoms with Crippen LogP contribution < -0.4 is 5.19 Å². The Hall–Kier alpha value is -3.40. The zero-order chi connectivity index (χ0) is 24.0. The highest BCUT2D eigenvalue weighted by Crippen LogP contribution is 2.24. The lowest BCUT2D eigenvalue weighted by molar-refractivity contribution is -0.385. The molecule has 8 nitrogen and oxygen atoms in total. The largest absolute Gasteiger partial charge is 0.388 e. The van der Waals surface area contributed by atoms with E-state index in [4.69, 9.17) is 8.85 Å². The van der Waals surface area contributed by atoms with Crippen LogP contribution in [0.15, 0.2) is 72.8 Å². The fourth-order valence-corrected chi connectivity index (χ4v) is 5.73. The van der Waals surface area contributed by atoms with Crippen LogP contribution in [0.1, 0.15) is 37.5 Å². The standard InChI is InChI=1S/C24H26N2O6Si/c1-24(2,3)20-12-6-9-15-23(20)33(31-16-18-10-4-7-13-21(18)25(27)28)32-17-19-11-5-8-14-22(19)26(29)30/h4-15,33H,16-17H2,1-3H3. The van der Waals surface area contributed by atoms with Crippen molar-refractivity contribution in [3.05, 3.63) is 110 Å². The lowest BCUT2D eigenvalue weighted by Crippen LogP contribution is -2.41. The maximum absolute atomic E-state index is 11.4.